The minimum absolute atomic E-state index is 0.0575. The highest BCUT2D eigenvalue weighted by atomic mass is 32.2. The monoisotopic (exact) mass is 370 g/mol. The van der Waals surface area contributed by atoms with Crippen LogP contribution in [0.15, 0.2) is 23.1 Å². The molecule has 0 N–H and O–H groups in total. The van der Waals surface area contributed by atoms with Gasteiger partial charge in [0.1, 0.15) is 5.75 Å². The Morgan fingerprint density at radius 1 is 1.24 bits per heavy atom. The number of rotatable bonds is 7. The first-order chi connectivity index (χ1) is 11.9. The zero-order valence-electron chi connectivity index (χ0n) is 15.0. The van der Waals surface area contributed by atoms with Gasteiger partial charge in [-0.15, -0.1) is 0 Å². The lowest BCUT2D eigenvalue weighted by molar-refractivity contribution is -0.132. The summed E-state index contributed by atoms with van der Waals surface area (Å²) in [7, 11) is -3.53. The maximum absolute atomic E-state index is 12.7. The first kappa shape index (κ1) is 19.7. The molecule has 0 bridgehead atoms. The molecule has 0 aromatic heterocycles. The number of amides is 1. The van der Waals surface area contributed by atoms with Crippen molar-refractivity contribution in [1.82, 2.24) is 9.21 Å². The molecule has 0 unspecified atom stereocenters. The molecule has 1 amide bonds. The van der Waals surface area contributed by atoms with E-state index in [1.54, 1.807) is 24.0 Å². The van der Waals surface area contributed by atoms with E-state index < -0.39 is 10.0 Å². The summed E-state index contributed by atoms with van der Waals surface area (Å²) in [5.41, 5.74) is 0.682. The Morgan fingerprint density at radius 2 is 1.88 bits per heavy atom. The summed E-state index contributed by atoms with van der Waals surface area (Å²) in [5.74, 6) is 0.427. The summed E-state index contributed by atoms with van der Waals surface area (Å²) in [6.45, 7) is 8.35. The van der Waals surface area contributed by atoms with Crippen molar-refractivity contribution in [2.24, 2.45) is 0 Å². The molecule has 1 heterocycles. The minimum atomic E-state index is -3.53. The minimum Gasteiger partial charge on any atom is -0.483 e. The number of nitrogens with zero attached hydrogens (tertiary/aromatic N) is 2. The van der Waals surface area contributed by atoms with Crippen LogP contribution in [0.3, 0.4) is 0 Å². The lowest BCUT2D eigenvalue weighted by Crippen LogP contribution is -2.40. The van der Waals surface area contributed by atoms with Crippen molar-refractivity contribution in [3.63, 3.8) is 0 Å². The topological polar surface area (TPSA) is 76.2 Å². The Kier molecular flexibility index (Phi) is 6.80. The van der Waals surface area contributed by atoms with Crippen molar-refractivity contribution in [2.45, 2.75) is 25.7 Å². The second-order valence-electron chi connectivity index (χ2n) is 5.80. The Morgan fingerprint density at radius 3 is 2.44 bits per heavy atom. The molecule has 8 heteroatoms. The van der Waals surface area contributed by atoms with Crippen LogP contribution >= 0.6 is 0 Å². The molecular formula is C17H26N2O5S. The van der Waals surface area contributed by atoms with Crippen LogP contribution in [-0.2, 0) is 19.6 Å². The van der Waals surface area contributed by atoms with E-state index in [0.717, 1.165) is 0 Å². The van der Waals surface area contributed by atoms with Gasteiger partial charge in [0.2, 0.25) is 10.0 Å². The van der Waals surface area contributed by atoms with Gasteiger partial charge in [0.05, 0.1) is 18.1 Å². The first-order valence-corrected chi connectivity index (χ1v) is 9.93. The molecule has 1 aliphatic heterocycles. The highest BCUT2D eigenvalue weighted by Gasteiger charge is 2.26. The summed E-state index contributed by atoms with van der Waals surface area (Å²) >= 11 is 0. The normalized spacial score (nSPS) is 15.8. The molecule has 140 valence electrons. The maximum atomic E-state index is 12.7. The largest absolute Gasteiger partial charge is 0.483 e. The number of benzene rings is 1. The van der Waals surface area contributed by atoms with Gasteiger partial charge in [-0.2, -0.15) is 4.31 Å². The number of sulfonamides is 1. The molecule has 25 heavy (non-hydrogen) atoms. The van der Waals surface area contributed by atoms with Crippen molar-refractivity contribution in [1.29, 1.82) is 0 Å². The zero-order chi connectivity index (χ0) is 18.4. The van der Waals surface area contributed by atoms with Crippen LogP contribution in [0.5, 0.6) is 5.75 Å². The van der Waals surface area contributed by atoms with Crippen LogP contribution in [-0.4, -0.2) is 69.5 Å². The van der Waals surface area contributed by atoms with Gasteiger partial charge < -0.3 is 14.4 Å². The van der Waals surface area contributed by atoms with Gasteiger partial charge in [0.25, 0.3) is 5.91 Å². The fourth-order valence-electron chi connectivity index (χ4n) is 2.69. The molecule has 1 fully saturated rings. The average molecular weight is 370 g/mol. The van der Waals surface area contributed by atoms with E-state index in [4.69, 9.17) is 9.47 Å². The number of hydrogen-bond donors (Lipinski definition) is 0. The number of ether oxygens (including phenoxy) is 2. The predicted molar refractivity (Wildman–Crippen MR) is 94.2 cm³/mol. The van der Waals surface area contributed by atoms with Gasteiger partial charge in [-0.3, -0.25) is 4.79 Å². The van der Waals surface area contributed by atoms with E-state index in [0.29, 0.717) is 50.7 Å². The summed E-state index contributed by atoms with van der Waals surface area (Å²) < 4.78 is 37.5. The molecule has 1 aromatic carbocycles. The Balaban J connectivity index is 2.08. The van der Waals surface area contributed by atoms with Gasteiger partial charge in [-0.05, 0) is 44.5 Å². The molecular weight excluding hydrogens is 344 g/mol. The van der Waals surface area contributed by atoms with E-state index in [1.165, 1.54) is 10.4 Å². The fourth-order valence-corrected chi connectivity index (χ4v) is 4.18. The van der Waals surface area contributed by atoms with Gasteiger partial charge in [-0.1, -0.05) is 0 Å². The van der Waals surface area contributed by atoms with Crippen molar-refractivity contribution in [3.8, 4) is 5.75 Å². The van der Waals surface area contributed by atoms with Crippen LogP contribution in [0, 0.1) is 6.92 Å². The third kappa shape index (κ3) is 4.71. The van der Waals surface area contributed by atoms with Crippen LogP contribution in [0.25, 0.3) is 0 Å². The number of aryl methyl sites for hydroxylation is 1. The van der Waals surface area contributed by atoms with Crippen molar-refractivity contribution < 1.29 is 22.7 Å². The number of carbonyl (C=O) groups is 1. The number of hydrogen-bond acceptors (Lipinski definition) is 5. The highest BCUT2D eigenvalue weighted by Crippen LogP contribution is 2.24. The number of carbonyl (C=O) groups excluding carboxylic acids is 1. The third-order valence-corrected chi connectivity index (χ3v) is 6.12. The summed E-state index contributed by atoms with van der Waals surface area (Å²) in [5, 5.41) is 0. The van der Waals surface area contributed by atoms with Gasteiger partial charge in [0.15, 0.2) is 6.61 Å². The van der Waals surface area contributed by atoms with Crippen LogP contribution in [0.4, 0.5) is 0 Å². The smallest absolute Gasteiger partial charge is 0.260 e. The van der Waals surface area contributed by atoms with Gasteiger partial charge in [-0.25, -0.2) is 8.42 Å². The molecule has 7 nitrogen and oxygen atoms in total. The van der Waals surface area contributed by atoms with Crippen LogP contribution in [0.1, 0.15) is 19.4 Å². The zero-order valence-corrected chi connectivity index (χ0v) is 15.8. The molecule has 1 aliphatic rings. The second kappa shape index (κ2) is 8.64. The summed E-state index contributed by atoms with van der Waals surface area (Å²) in [4.78, 5) is 13.9. The van der Waals surface area contributed by atoms with Crippen molar-refractivity contribution in [3.05, 3.63) is 23.8 Å². The lowest BCUT2D eigenvalue weighted by atomic mass is 10.2. The lowest BCUT2D eigenvalue weighted by Gasteiger charge is -2.26. The molecule has 0 spiro atoms. The standard InChI is InChI=1S/C17H26N2O5S/c1-4-18(5-2)17(20)13-24-16-7-6-15(12-14(16)3)25(21,22)19-8-10-23-11-9-19/h6-7,12H,4-5,8-11,13H2,1-3H3. The Bertz CT molecular complexity index is 695. The summed E-state index contributed by atoms with van der Waals surface area (Å²) in [6, 6.07) is 4.72. The molecule has 1 saturated heterocycles. The fraction of sp³-hybridized carbons (Fsp3) is 0.588. The maximum Gasteiger partial charge on any atom is 0.260 e. The molecule has 2 rings (SSSR count). The summed E-state index contributed by atoms with van der Waals surface area (Å²) in [6.07, 6.45) is 0. The van der Waals surface area contributed by atoms with Crippen molar-refractivity contribution in [2.75, 3.05) is 46.0 Å². The van der Waals surface area contributed by atoms with E-state index in [1.807, 2.05) is 13.8 Å². The Labute approximate surface area is 149 Å². The van der Waals surface area contributed by atoms with Gasteiger partial charge >= 0.3 is 0 Å². The highest BCUT2D eigenvalue weighted by molar-refractivity contribution is 7.89. The SMILES string of the molecule is CCN(CC)C(=O)COc1ccc(S(=O)(=O)N2CCOCC2)cc1C. The molecule has 0 radical (unpaired) electrons. The first-order valence-electron chi connectivity index (χ1n) is 8.49. The third-order valence-electron chi connectivity index (χ3n) is 4.22. The van der Waals surface area contributed by atoms with Crippen LogP contribution in [0.2, 0.25) is 0 Å². The molecule has 0 aliphatic carbocycles. The number of likely N-dealkylation sites (N-methyl/N-ethyl adjacent to an activating group) is 1. The predicted octanol–water partition coefficient (Wildman–Crippen LogP) is 1.26. The van der Waals surface area contributed by atoms with Crippen LogP contribution < -0.4 is 4.74 Å². The second-order valence-corrected chi connectivity index (χ2v) is 7.74. The Hall–Kier alpha value is -1.64. The number of morpholine rings is 1. The molecule has 0 atom stereocenters. The molecule has 0 saturated carbocycles. The van der Waals surface area contributed by atoms with E-state index >= 15 is 0 Å². The van der Waals surface area contributed by atoms with E-state index in [9.17, 15) is 13.2 Å². The van der Waals surface area contributed by atoms with Crippen molar-refractivity contribution >= 4 is 15.9 Å². The van der Waals surface area contributed by atoms with E-state index in [2.05, 4.69) is 0 Å². The average Bonchev–Trinajstić information content (AvgIpc) is 2.62. The van der Waals surface area contributed by atoms with Gasteiger partial charge in [0, 0.05) is 26.2 Å². The van der Waals surface area contributed by atoms with E-state index in [-0.39, 0.29) is 17.4 Å². The quantitative estimate of drug-likeness (QED) is 0.722. The molecule has 1 aromatic rings.